The summed E-state index contributed by atoms with van der Waals surface area (Å²) in [7, 11) is 0. The summed E-state index contributed by atoms with van der Waals surface area (Å²) in [6, 6.07) is 4.26. The molecule has 1 amide bonds. The van der Waals surface area contributed by atoms with Gasteiger partial charge in [-0.3, -0.25) is 24.7 Å². The van der Waals surface area contributed by atoms with E-state index in [4.69, 9.17) is 5.11 Å². The van der Waals surface area contributed by atoms with E-state index >= 15 is 0 Å². The molecule has 1 atom stereocenters. The van der Waals surface area contributed by atoms with Crippen LogP contribution in [-0.2, 0) is 17.5 Å². The van der Waals surface area contributed by atoms with Crippen molar-refractivity contribution in [2.24, 2.45) is 0 Å². The Hall–Kier alpha value is -2.62. The molecule has 2 saturated heterocycles. The Balaban J connectivity index is 0.00000461. The van der Waals surface area contributed by atoms with Gasteiger partial charge in [0.2, 0.25) is 0 Å². The van der Waals surface area contributed by atoms with Crippen molar-refractivity contribution in [1.29, 1.82) is 0 Å². The van der Waals surface area contributed by atoms with Gasteiger partial charge in [0.05, 0.1) is 30.1 Å². The number of alkyl halides is 3. The van der Waals surface area contributed by atoms with Crippen LogP contribution in [-0.4, -0.2) is 117 Å². The zero-order valence-electron chi connectivity index (χ0n) is 25.7. The number of anilines is 2. The fourth-order valence-corrected chi connectivity index (χ4v) is 6.62. The molecule has 2 N–H and O–H groups in total. The third kappa shape index (κ3) is 9.23. The summed E-state index contributed by atoms with van der Waals surface area (Å²) in [4.78, 5) is 44.5. The van der Waals surface area contributed by atoms with Crippen LogP contribution in [0.4, 0.5) is 24.1 Å². The molecule has 1 aromatic carbocycles. The van der Waals surface area contributed by atoms with Crippen molar-refractivity contribution in [3.63, 3.8) is 0 Å². The second-order valence-corrected chi connectivity index (χ2v) is 12.5. The molecule has 0 aliphatic carbocycles. The molecule has 0 saturated carbocycles. The molecular weight excluding hydrogens is 618 g/mol. The maximum absolute atomic E-state index is 13.7. The van der Waals surface area contributed by atoms with E-state index in [1.165, 1.54) is 23.7 Å². The number of nitrogens with one attached hydrogen (secondary N) is 1. The molecule has 2 fully saturated rings. The third-order valence-electron chi connectivity index (χ3n) is 8.09. The van der Waals surface area contributed by atoms with Crippen LogP contribution in [0.5, 0.6) is 0 Å². The minimum Gasteiger partial charge on any atom is -0.481 e. The van der Waals surface area contributed by atoms with E-state index in [-0.39, 0.29) is 46.8 Å². The van der Waals surface area contributed by atoms with E-state index in [0.717, 1.165) is 42.8 Å². The summed E-state index contributed by atoms with van der Waals surface area (Å²) < 4.78 is 41.0. The molecule has 2 aliphatic heterocycles. The number of carboxylic acid groups (broad SMARTS) is 1. The summed E-state index contributed by atoms with van der Waals surface area (Å²) in [5.74, 6) is -0.713. The summed E-state index contributed by atoms with van der Waals surface area (Å²) in [5.41, 5.74) is 0.622. The Labute approximate surface area is 286 Å². The summed E-state index contributed by atoms with van der Waals surface area (Å²) in [5, 5.41) is 12.0. The number of carboxylic acids is 1. The first-order chi connectivity index (χ1) is 21.0. The molecule has 0 bridgehead atoms. The quantitative estimate of drug-likeness (QED) is 0.315. The number of nitrogens with zero attached hydrogens (tertiary/aromatic N) is 6. The van der Waals surface area contributed by atoms with Crippen molar-refractivity contribution in [2.75, 3.05) is 49.5 Å². The first-order valence-corrected chi connectivity index (χ1v) is 15.5. The molecule has 4 heterocycles. The molecular formula is C30H36F3N7NaO3S. The van der Waals surface area contributed by atoms with Crippen LogP contribution >= 0.6 is 11.3 Å². The van der Waals surface area contributed by atoms with E-state index in [2.05, 4.69) is 37.0 Å². The number of hydrogen-bond acceptors (Lipinski definition) is 9. The Bertz CT molecular complexity index is 1480. The van der Waals surface area contributed by atoms with Gasteiger partial charge in [-0.15, -0.1) is 0 Å². The van der Waals surface area contributed by atoms with Crippen molar-refractivity contribution in [1.82, 2.24) is 24.8 Å². The van der Waals surface area contributed by atoms with E-state index in [1.54, 1.807) is 13.0 Å². The molecule has 15 heteroatoms. The predicted molar refractivity (Wildman–Crippen MR) is 168 cm³/mol. The number of aryl methyl sites for hydroxylation is 1. The van der Waals surface area contributed by atoms with Crippen LogP contribution < -0.4 is 10.2 Å². The summed E-state index contributed by atoms with van der Waals surface area (Å²) >= 11 is 1.26. The smallest absolute Gasteiger partial charge is 0.416 e. The van der Waals surface area contributed by atoms with Gasteiger partial charge in [0.25, 0.3) is 5.91 Å². The molecule has 0 spiro atoms. The molecule has 3 aromatic rings. The van der Waals surface area contributed by atoms with Crippen LogP contribution in [0.25, 0.3) is 11.3 Å². The first kappa shape index (κ1) is 35.2. The maximum atomic E-state index is 13.7. The number of likely N-dealkylation sites (tertiary alicyclic amines) is 1. The molecule has 0 unspecified atom stereocenters. The summed E-state index contributed by atoms with van der Waals surface area (Å²) in [6.07, 6.45) is 1.78. The zero-order valence-corrected chi connectivity index (χ0v) is 28.5. The zero-order chi connectivity index (χ0) is 31.4. The number of thiazole rings is 1. The largest absolute Gasteiger partial charge is 0.481 e. The van der Waals surface area contributed by atoms with E-state index in [0.29, 0.717) is 67.9 Å². The molecule has 237 valence electrons. The summed E-state index contributed by atoms with van der Waals surface area (Å²) in [6.45, 7) is 8.42. The minimum absolute atomic E-state index is 0. The van der Waals surface area contributed by atoms with Crippen LogP contribution in [0.3, 0.4) is 0 Å². The van der Waals surface area contributed by atoms with Crippen molar-refractivity contribution < 1.29 is 27.9 Å². The van der Waals surface area contributed by atoms with Crippen LogP contribution in [0.2, 0.25) is 0 Å². The van der Waals surface area contributed by atoms with Crippen molar-refractivity contribution >= 4 is 63.7 Å². The average Bonchev–Trinajstić information content (AvgIpc) is 3.38. The molecule has 1 radical (unpaired) electrons. The third-order valence-corrected chi connectivity index (χ3v) is 9.05. The van der Waals surface area contributed by atoms with Crippen LogP contribution in [0.15, 0.2) is 30.6 Å². The van der Waals surface area contributed by atoms with Gasteiger partial charge in [-0.1, -0.05) is 17.8 Å². The number of rotatable bonds is 9. The van der Waals surface area contributed by atoms with Crippen LogP contribution in [0.1, 0.15) is 59.1 Å². The molecule has 5 rings (SSSR count). The normalized spacial score (nSPS) is 18.0. The average molecular weight is 655 g/mol. The number of aromatic nitrogens is 3. The number of halogens is 3. The van der Waals surface area contributed by atoms with E-state index in [9.17, 15) is 22.8 Å². The van der Waals surface area contributed by atoms with E-state index in [1.807, 2.05) is 4.90 Å². The van der Waals surface area contributed by atoms with E-state index < -0.39 is 23.6 Å². The fraction of sp³-hybridized carbons (Fsp3) is 0.500. The van der Waals surface area contributed by atoms with Gasteiger partial charge in [-0.25, -0.2) is 15.0 Å². The number of carbonyl (C=O) groups excluding carboxylic acids is 1. The number of amides is 1. The Morgan fingerprint density at radius 1 is 1.07 bits per heavy atom. The predicted octanol–water partition coefficient (Wildman–Crippen LogP) is 4.77. The van der Waals surface area contributed by atoms with Gasteiger partial charge in [-0.2, -0.15) is 13.2 Å². The monoisotopic (exact) mass is 654 g/mol. The van der Waals surface area contributed by atoms with Gasteiger partial charge < -0.3 is 10.0 Å². The SMILES string of the molecule is Cc1cc(-c2nc(NC(=O)c3cnc(N4CCN(CCC(=O)O)CC4)cn3)sc2CN2CCCC[C@H]2C)cc(C(F)(F)F)c1.[Na]. The van der Waals surface area contributed by atoms with Gasteiger partial charge in [0.1, 0.15) is 11.5 Å². The molecule has 10 nitrogen and oxygen atoms in total. The number of hydrogen-bond donors (Lipinski definition) is 2. The maximum Gasteiger partial charge on any atom is 0.416 e. The molecule has 2 aromatic heterocycles. The Morgan fingerprint density at radius 2 is 1.82 bits per heavy atom. The number of piperidine rings is 1. The molecule has 2 aliphatic rings. The van der Waals surface area contributed by atoms with Crippen LogP contribution in [0, 0.1) is 6.92 Å². The van der Waals surface area contributed by atoms with Gasteiger partial charge in [0.15, 0.2) is 5.13 Å². The van der Waals surface area contributed by atoms with Gasteiger partial charge >= 0.3 is 12.1 Å². The number of piperazine rings is 1. The van der Waals surface area contributed by atoms with Gasteiger partial charge in [-0.05, 0) is 57.0 Å². The topological polar surface area (TPSA) is 115 Å². The Kier molecular flexibility index (Phi) is 12.0. The van der Waals surface area contributed by atoms with Crippen molar-refractivity contribution in [3.05, 3.63) is 52.3 Å². The van der Waals surface area contributed by atoms with Crippen molar-refractivity contribution in [2.45, 2.75) is 58.3 Å². The Morgan fingerprint density at radius 3 is 2.47 bits per heavy atom. The minimum atomic E-state index is -4.49. The number of aliphatic carboxylic acids is 1. The number of carbonyl (C=O) groups is 2. The second kappa shape index (κ2) is 15.3. The first-order valence-electron chi connectivity index (χ1n) is 14.7. The second-order valence-electron chi connectivity index (χ2n) is 11.4. The number of benzene rings is 1. The standard InChI is InChI=1S/C30H36F3N7O3S.Na/c1-19-13-21(15-22(14-19)30(31,32)33)27-24(18-40-7-4-3-5-20(40)2)44-29(36-27)37-28(43)23-16-35-25(17-34-23)39-11-9-38(10-12-39)8-6-26(41)42;/h13-17,20H,3-12,18H2,1-2H3,(H,41,42)(H,36,37,43);/t20-;/m1./s1. The van der Waals surface area contributed by atoms with Crippen molar-refractivity contribution in [3.8, 4) is 11.3 Å². The molecule has 45 heavy (non-hydrogen) atoms. The fourth-order valence-electron chi connectivity index (χ4n) is 5.62. The van der Waals surface area contributed by atoms with Gasteiger partial charge in [0, 0.05) is 85.3 Å².